The third-order valence-corrected chi connectivity index (χ3v) is 5.44. The van der Waals surface area contributed by atoms with E-state index in [0.29, 0.717) is 11.4 Å². The Morgan fingerprint density at radius 2 is 1.86 bits per heavy atom. The molecule has 7 heteroatoms. The van der Waals surface area contributed by atoms with Crippen LogP contribution in [-0.4, -0.2) is 37.4 Å². The third kappa shape index (κ3) is 4.08. The second-order valence-corrected chi connectivity index (χ2v) is 7.62. The van der Waals surface area contributed by atoms with Crippen molar-refractivity contribution in [1.29, 1.82) is 0 Å². The van der Waals surface area contributed by atoms with Gasteiger partial charge in [-0.3, -0.25) is 9.78 Å². The van der Waals surface area contributed by atoms with Crippen LogP contribution >= 0.6 is 0 Å². The van der Waals surface area contributed by atoms with Crippen LogP contribution in [0.15, 0.2) is 55.1 Å². The normalized spacial score (nSPS) is 21.0. The lowest BCUT2D eigenvalue weighted by Crippen LogP contribution is -2.52. The molecule has 1 aliphatic carbocycles. The van der Waals surface area contributed by atoms with E-state index in [2.05, 4.69) is 37.5 Å². The zero-order valence-electron chi connectivity index (χ0n) is 16.6. The molecule has 2 atom stereocenters. The number of aryl methyl sites for hydroxylation is 1. The Labute approximate surface area is 170 Å². The predicted octanol–water partition coefficient (Wildman–Crippen LogP) is 3.40. The molecule has 1 aliphatic rings. The maximum atomic E-state index is 13.2. The van der Waals surface area contributed by atoms with Crippen LogP contribution in [0.2, 0.25) is 0 Å². The number of carbonyl (C=O) groups is 1. The second kappa shape index (κ2) is 7.95. The summed E-state index contributed by atoms with van der Waals surface area (Å²) in [6, 6.07) is 9.16. The first-order valence-corrected chi connectivity index (χ1v) is 9.79. The van der Waals surface area contributed by atoms with Gasteiger partial charge in [0.05, 0.1) is 35.2 Å². The third-order valence-electron chi connectivity index (χ3n) is 5.44. The molecule has 1 fully saturated rings. The highest BCUT2D eigenvalue weighted by atomic mass is 16.1. The molecule has 0 bridgehead atoms. The summed E-state index contributed by atoms with van der Waals surface area (Å²) >= 11 is 0. The van der Waals surface area contributed by atoms with Crippen LogP contribution in [-0.2, 0) is 0 Å². The van der Waals surface area contributed by atoms with Gasteiger partial charge in [-0.15, -0.1) is 0 Å². The number of anilines is 1. The van der Waals surface area contributed by atoms with Gasteiger partial charge in [-0.05, 0) is 45.2 Å². The first kappa shape index (κ1) is 19.0. The number of hydrogen-bond donors (Lipinski definition) is 2. The molecular formula is C22H24N6O. The summed E-state index contributed by atoms with van der Waals surface area (Å²) < 4.78 is 0. The molecule has 4 rings (SSSR count). The highest BCUT2D eigenvalue weighted by Crippen LogP contribution is 2.33. The van der Waals surface area contributed by atoms with E-state index in [1.807, 2.05) is 31.2 Å². The van der Waals surface area contributed by atoms with Crippen molar-refractivity contribution in [1.82, 2.24) is 25.3 Å². The Kier molecular flexibility index (Phi) is 5.20. The smallest absolute Gasteiger partial charge is 0.252 e. The number of nitrogens with one attached hydrogen (secondary N) is 2. The number of hydrogen-bond acceptors (Lipinski definition) is 6. The van der Waals surface area contributed by atoms with Crippen molar-refractivity contribution in [2.75, 3.05) is 5.32 Å². The number of amides is 1. The molecule has 0 spiro atoms. The molecular weight excluding hydrogens is 364 g/mol. The summed E-state index contributed by atoms with van der Waals surface area (Å²) in [6.07, 6.45) is 9.70. The van der Waals surface area contributed by atoms with Crippen LogP contribution < -0.4 is 10.6 Å². The van der Waals surface area contributed by atoms with E-state index < -0.39 is 0 Å². The van der Waals surface area contributed by atoms with Crippen molar-refractivity contribution in [2.45, 2.75) is 44.7 Å². The topological polar surface area (TPSA) is 92.7 Å². The van der Waals surface area contributed by atoms with Gasteiger partial charge in [0.2, 0.25) is 0 Å². The SMILES string of the molecule is Cc1cnc(N[C@@]2(C)CCC[C@@H]2NC(=O)c2ccccc2-c2ncccn2)cn1. The molecule has 29 heavy (non-hydrogen) atoms. The van der Waals surface area contributed by atoms with Crippen LogP contribution in [0.25, 0.3) is 11.4 Å². The van der Waals surface area contributed by atoms with Crippen LogP contribution in [0.3, 0.4) is 0 Å². The lowest BCUT2D eigenvalue weighted by atomic mass is 9.94. The molecule has 1 aromatic carbocycles. The van der Waals surface area contributed by atoms with Gasteiger partial charge in [0.1, 0.15) is 5.82 Å². The van der Waals surface area contributed by atoms with E-state index in [1.165, 1.54) is 0 Å². The second-order valence-electron chi connectivity index (χ2n) is 7.62. The molecule has 1 amide bonds. The molecule has 0 unspecified atom stereocenters. The molecule has 2 aromatic heterocycles. The Hall–Kier alpha value is -3.35. The van der Waals surface area contributed by atoms with Crippen molar-refractivity contribution in [2.24, 2.45) is 0 Å². The first-order valence-electron chi connectivity index (χ1n) is 9.79. The van der Waals surface area contributed by atoms with Gasteiger partial charge in [0.15, 0.2) is 5.82 Å². The van der Waals surface area contributed by atoms with Crippen LogP contribution in [0.4, 0.5) is 5.82 Å². The molecule has 1 saturated carbocycles. The van der Waals surface area contributed by atoms with E-state index in [9.17, 15) is 4.79 Å². The van der Waals surface area contributed by atoms with Crippen LogP contribution in [0, 0.1) is 6.92 Å². The number of benzene rings is 1. The summed E-state index contributed by atoms with van der Waals surface area (Å²) in [7, 11) is 0. The average molecular weight is 388 g/mol. The van der Waals surface area contributed by atoms with E-state index in [0.717, 1.165) is 36.3 Å². The zero-order valence-corrected chi connectivity index (χ0v) is 16.6. The number of rotatable bonds is 5. The van der Waals surface area contributed by atoms with Crippen molar-refractivity contribution in [3.63, 3.8) is 0 Å². The van der Waals surface area contributed by atoms with E-state index in [4.69, 9.17) is 0 Å². The summed E-state index contributed by atoms with van der Waals surface area (Å²) in [5.41, 5.74) is 1.88. The van der Waals surface area contributed by atoms with Gasteiger partial charge in [-0.1, -0.05) is 18.2 Å². The Morgan fingerprint density at radius 3 is 2.62 bits per heavy atom. The van der Waals surface area contributed by atoms with Crippen molar-refractivity contribution < 1.29 is 4.79 Å². The molecule has 3 aromatic rings. The molecule has 7 nitrogen and oxygen atoms in total. The standard InChI is InChI=1S/C22H24N6O/c1-15-13-26-19(14-25-15)28-22(2)10-5-9-18(22)27-21(29)17-8-4-3-7-16(17)20-23-11-6-12-24-20/h3-4,6-8,11-14,18H,5,9-10H2,1-2H3,(H,26,28)(H,27,29)/t18-,22-/m0/s1. The maximum absolute atomic E-state index is 13.2. The minimum Gasteiger partial charge on any atom is -0.362 e. The fraction of sp³-hybridized carbons (Fsp3) is 0.318. The van der Waals surface area contributed by atoms with Gasteiger partial charge in [0, 0.05) is 18.0 Å². The minimum absolute atomic E-state index is 0.0251. The minimum atomic E-state index is -0.294. The van der Waals surface area contributed by atoms with Gasteiger partial charge in [-0.2, -0.15) is 0 Å². The van der Waals surface area contributed by atoms with Gasteiger partial charge >= 0.3 is 0 Å². The van der Waals surface area contributed by atoms with Gasteiger partial charge < -0.3 is 10.6 Å². The van der Waals surface area contributed by atoms with Crippen molar-refractivity contribution in [3.05, 3.63) is 66.4 Å². The lowest BCUT2D eigenvalue weighted by molar-refractivity contribution is 0.0927. The van der Waals surface area contributed by atoms with Crippen LogP contribution in [0.1, 0.15) is 42.2 Å². The molecule has 2 N–H and O–H groups in total. The summed E-state index contributed by atoms with van der Waals surface area (Å²) in [6.45, 7) is 4.03. The quantitative estimate of drug-likeness (QED) is 0.696. The Balaban J connectivity index is 1.54. The fourth-order valence-electron chi connectivity index (χ4n) is 3.85. The monoisotopic (exact) mass is 388 g/mol. The Bertz CT molecular complexity index is 992. The van der Waals surface area contributed by atoms with Crippen LogP contribution in [0.5, 0.6) is 0 Å². The fourth-order valence-corrected chi connectivity index (χ4v) is 3.85. The highest BCUT2D eigenvalue weighted by molar-refractivity contribution is 6.00. The largest absolute Gasteiger partial charge is 0.362 e. The van der Waals surface area contributed by atoms with Crippen molar-refractivity contribution >= 4 is 11.7 Å². The predicted molar refractivity (Wildman–Crippen MR) is 111 cm³/mol. The maximum Gasteiger partial charge on any atom is 0.252 e. The number of nitrogens with zero attached hydrogens (tertiary/aromatic N) is 4. The highest BCUT2D eigenvalue weighted by Gasteiger charge is 2.40. The number of aromatic nitrogens is 4. The lowest BCUT2D eigenvalue weighted by Gasteiger charge is -2.34. The molecule has 2 heterocycles. The van der Waals surface area contributed by atoms with Gasteiger partial charge in [-0.25, -0.2) is 15.0 Å². The van der Waals surface area contributed by atoms with E-state index in [1.54, 1.807) is 30.9 Å². The number of carbonyl (C=O) groups excluding carboxylic acids is 1. The molecule has 148 valence electrons. The van der Waals surface area contributed by atoms with E-state index >= 15 is 0 Å². The van der Waals surface area contributed by atoms with Gasteiger partial charge in [0.25, 0.3) is 5.91 Å². The van der Waals surface area contributed by atoms with E-state index in [-0.39, 0.29) is 17.5 Å². The van der Waals surface area contributed by atoms with Crippen molar-refractivity contribution in [3.8, 4) is 11.4 Å². The summed E-state index contributed by atoms with van der Waals surface area (Å²) in [5, 5.41) is 6.71. The first-order chi connectivity index (χ1) is 14.0. The molecule has 0 radical (unpaired) electrons. The average Bonchev–Trinajstić information content (AvgIpc) is 3.10. The summed E-state index contributed by atoms with van der Waals surface area (Å²) in [5.74, 6) is 1.14. The Morgan fingerprint density at radius 1 is 1.07 bits per heavy atom. The zero-order chi connectivity index (χ0) is 20.3. The summed E-state index contributed by atoms with van der Waals surface area (Å²) in [4.78, 5) is 30.5. The molecule has 0 aliphatic heterocycles. The molecule has 0 saturated heterocycles.